The van der Waals surface area contributed by atoms with Crippen LogP contribution in [0.15, 0.2) is 108 Å². The Morgan fingerprint density at radius 3 is 1.07 bits per heavy atom. The minimum atomic E-state index is -0.659. The molecule has 5 aromatic carbocycles. The Balaban J connectivity index is -0.00000161. The van der Waals surface area contributed by atoms with E-state index in [1.54, 1.807) is 49.4 Å². The molecule has 7 rings (SSSR count). The van der Waals surface area contributed by atoms with Crippen molar-refractivity contribution in [2.24, 2.45) is 10.7 Å². The molecule has 13 N–H and O–H groups in total. The molecule has 25 nitrogen and oxygen atoms in total. The van der Waals surface area contributed by atoms with Crippen molar-refractivity contribution in [3.8, 4) is 0 Å². The summed E-state index contributed by atoms with van der Waals surface area (Å²) in [5.74, 6) is -2.93. The Kier molecular flexibility index (Phi) is 98.0. The number of aryl methyl sites for hydroxylation is 5. The molecule has 0 saturated carbocycles. The summed E-state index contributed by atoms with van der Waals surface area (Å²) in [6.07, 6.45) is 64.1. The number of para-hydroxylation sites is 4. The number of nitrogen functional groups attached to an aromatic ring is 1. The van der Waals surface area contributed by atoms with Gasteiger partial charge in [0.2, 0.25) is 17.7 Å². The quantitative estimate of drug-likeness (QED) is 0.00978. The standard InChI is InChI=1S/C18H28N2O.C14H22N2O.C13H20N2O.5C12H24O2.C9H9Cl2N3.C9H11NO2/c1-4-5-12-20-13-7-6-11-16(20)18(21)19-17-14(2)9-8-10-15(17)3;1-5-16(6-2)10-13(17)15-14-11(3)8-7-9-12(14)4;1-4-9-15(11(3)13(14)16)12-8-6-5-7-10(12)2;5*1-2-3-4-5-6-7-8-9-10-11-12(13)14;10-6-2-1-3-7(11)8(6)14-9-12-4-5-13-9;1-2-12-9(11)7-3-5-8(10)6-4-7/h8-10,16H,4-7,11-13H2,1-3H3,(H,19,21);7-9H,5-6,10H2,1-4H3,(H,15,17);5-8,11H,4,9H2,1-3H3,(H2,14,16);5*2-11H2,1H3,(H,13,14);1-3H,4-5H2,(H2,12,13,14);3-6H,2,10H2,1H3. The monoisotopic (exact) mass is 2140 g/mol. The lowest BCUT2D eigenvalue weighted by Crippen LogP contribution is -2.47. The van der Waals surface area contributed by atoms with Gasteiger partial charge in [0.25, 0.3) is 0 Å². The van der Waals surface area contributed by atoms with E-state index in [2.05, 4.69) is 129 Å². The minimum absolute atomic E-state index is 0.0457. The number of rotatable bonds is 68. The third-order valence-electron chi connectivity index (χ3n) is 26.0. The first kappa shape index (κ1) is 145. The molecule has 0 aromatic heterocycles. The molecule has 0 bridgehead atoms. The van der Waals surface area contributed by atoms with Crippen molar-refractivity contribution >= 4 is 111 Å². The molecule has 27 heteroatoms. The number of likely N-dealkylation sites (N-methyl/N-ethyl adjacent to an activating group) is 1. The number of ether oxygens (including phenoxy) is 1. The largest absolute Gasteiger partial charge is 0.481 e. The molecule has 2 unspecified atom stereocenters. The molecule has 3 amide bonds. The van der Waals surface area contributed by atoms with Crippen molar-refractivity contribution in [3.63, 3.8) is 0 Å². The molecular formula is C123H210Cl2N10O15. The Morgan fingerprint density at radius 1 is 0.420 bits per heavy atom. The normalized spacial score (nSPS) is 12.2. The van der Waals surface area contributed by atoms with E-state index in [0.717, 1.165) is 175 Å². The van der Waals surface area contributed by atoms with Crippen molar-refractivity contribution in [2.75, 3.05) is 85.5 Å². The molecule has 0 aliphatic carbocycles. The smallest absolute Gasteiger partial charge is 0.338 e. The van der Waals surface area contributed by atoms with Gasteiger partial charge in [0.15, 0.2) is 5.96 Å². The maximum atomic E-state index is 12.7. The Morgan fingerprint density at radius 2 is 0.753 bits per heavy atom. The minimum Gasteiger partial charge on any atom is -0.481 e. The SMILES string of the molecule is CCCCCCCCCCCC(=O)O.CCCCCCCCCCCC(=O)O.CCCCCCCCCCCC(=O)O.CCCCCCCCCCCC(=O)O.CCCCCCCCCCCC(=O)O.CCCCN1CCCCC1C(=O)Nc1c(C)cccc1C.CCCN(c1ccccc1C)C(C)C(N)=O.CCN(CC)CC(=O)Nc1c(C)cccc1C.CCOC(=O)c1ccc(N)cc1.Clc1cccc(Cl)c1NC1=NCCN1. The molecule has 0 radical (unpaired) electrons. The number of carboxylic acids is 5. The van der Waals surface area contributed by atoms with Crippen LogP contribution >= 0.6 is 23.2 Å². The summed E-state index contributed by atoms with van der Waals surface area (Å²) >= 11 is 12.0. The Bertz CT molecular complexity index is 4000. The first-order valence-corrected chi connectivity index (χ1v) is 58.8. The number of likely N-dealkylation sites (tertiary alicyclic amines) is 1. The number of guanidine groups is 1. The highest BCUT2D eigenvalue weighted by Gasteiger charge is 2.29. The molecule has 5 aromatic rings. The van der Waals surface area contributed by atoms with Crippen LogP contribution in [0.2, 0.25) is 10.0 Å². The van der Waals surface area contributed by atoms with E-state index >= 15 is 0 Å². The summed E-state index contributed by atoms with van der Waals surface area (Å²) in [7, 11) is 0. The van der Waals surface area contributed by atoms with Gasteiger partial charge in [-0.15, -0.1) is 0 Å². The van der Waals surface area contributed by atoms with Crippen LogP contribution in [0, 0.1) is 34.6 Å². The van der Waals surface area contributed by atoms with E-state index in [9.17, 15) is 43.2 Å². The van der Waals surface area contributed by atoms with Crippen LogP contribution in [0.25, 0.3) is 0 Å². The number of primary amides is 1. The number of hydrogen-bond donors (Lipinski definition) is 11. The number of amides is 3. The maximum Gasteiger partial charge on any atom is 0.338 e. The van der Waals surface area contributed by atoms with Crippen molar-refractivity contribution < 1.29 is 73.4 Å². The number of nitrogens with two attached hydrogens (primary N) is 2. The average Bonchev–Trinajstić information content (AvgIpc) is 1.30. The molecule has 1 saturated heterocycles. The molecule has 150 heavy (non-hydrogen) atoms. The second kappa shape index (κ2) is 102. The highest BCUT2D eigenvalue weighted by atomic mass is 35.5. The van der Waals surface area contributed by atoms with E-state index < -0.39 is 29.8 Å². The first-order valence-electron chi connectivity index (χ1n) is 58.1. The summed E-state index contributed by atoms with van der Waals surface area (Å²) in [5, 5.41) is 55.6. The molecule has 2 atom stereocenters. The first-order chi connectivity index (χ1) is 72.1. The summed E-state index contributed by atoms with van der Waals surface area (Å²) in [6, 6.07) is 32.0. The van der Waals surface area contributed by atoms with Crippen LogP contribution in [0.1, 0.15) is 474 Å². The molecule has 1 fully saturated rings. The number of benzene rings is 5. The zero-order chi connectivity index (χ0) is 112. The van der Waals surface area contributed by atoms with Crippen molar-refractivity contribution in [1.29, 1.82) is 0 Å². The second-order valence-electron chi connectivity index (χ2n) is 39.6. The molecule has 2 aliphatic rings. The van der Waals surface area contributed by atoms with Crippen LogP contribution in [-0.2, 0) is 43.1 Å². The number of esters is 1. The number of carboxylic acid groups (broad SMARTS) is 5. The number of unbranched alkanes of at least 4 members (excludes halogenated alkanes) is 41. The predicted molar refractivity (Wildman–Crippen MR) is 633 cm³/mol. The number of carbonyl (C=O) groups is 9. The number of hydrogen-bond acceptors (Lipinski definition) is 17. The van der Waals surface area contributed by atoms with E-state index in [4.69, 9.17) is 64.9 Å². The summed E-state index contributed by atoms with van der Waals surface area (Å²) in [6.45, 7) is 40.6. The van der Waals surface area contributed by atoms with Crippen molar-refractivity contribution in [3.05, 3.63) is 147 Å². The van der Waals surface area contributed by atoms with Gasteiger partial charge in [-0.3, -0.25) is 53.1 Å². The second-order valence-corrected chi connectivity index (χ2v) is 40.4. The van der Waals surface area contributed by atoms with Crippen LogP contribution in [0.5, 0.6) is 0 Å². The fraction of sp³-hybridized carbons (Fsp3) is 0.675. The van der Waals surface area contributed by atoms with Gasteiger partial charge >= 0.3 is 35.8 Å². The van der Waals surface area contributed by atoms with Gasteiger partial charge in [0.05, 0.1) is 47.0 Å². The number of carbonyl (C=O) groups excluding carboxylic acids is 4. The molecular weight excluding hydrogens is 1930 g/mol. The van der Waals surface area contributed by atoms with Crippen molar-refractivity contribution in [1.82, 2.24) is 15.1 Å². The Hall–Kier alpha value is -9.30. The van der Waals surface area contributed by atoms with E-state index in [1.165, 1.54) is 250 Å². The fourth-order valence-corrected chi connectivity index (χ4v) is 17.3. The lowest BCUT2D eigenvalue weighted by molar-refractivity contribution is -0.138. The van der Waals surface area contributed by atoms with Gasteiger partial charge in [-0.05, 0) is 203 Å². The maximum absolute atomic E-state index is 12.7. The number of nitrogens with zero attached hydrogens (tertiary/aromatic N) is 4. The number of halogens is 2. The molecule has 2 aliphatic heterocycles. The lowest BCUT2D eigenvalue weighted by Gasteiger charge is -2.34. The zero-order valence-electron chi connectivity index (χ0n) is 96.4. The topological polar surface area (TPSA) is 386 Å². The van der Waals surface area contributed by atoms with Gasteiger partial charge in [-0.2, -0.15) is 0 Å². The lowest BCUT2D eigenvalue weighted by atomic mass is 10.00. The van der Waals surface area contributed by atoms with E-state index in [-0.39, 0.29) is 35.8 Å². The number of aliphatic carboxylic acids is 5. The number of piperidine rings is 1. The zero-order valence-corrected chi connectivity index (χ0v) is 98.0. The Labute approximate surface area is 919 Å². The highest BCUT2D eigenvalue weighted by molar-refractivity contribution is 6.39. The summed E-state index contributed by atoms with van der Waals surface area (Å²) < 4.78 is 4.79. The van der Waals surface area contributed by atoms with E-state index in [1.807, 2.05) is 76.2 Å². The molecule has 856 valence electrons. The number of anilines is 5. The summed E-state index contributed by atoms with van der Waals surface area (Å²) in [5.41, 5.74) is 21.4. The van der Waals surface area contributed by atoms with Crippen LogP contribution in [0.4, 0.5) is 28.4 Å². The van der Waals surface area contributed by atoms with E-state index in [0.29, 0.717) is 72.2 Å². The fourth-order valence-electron chi connectivity index (χ4n) is 16.8. The summed E-state index contributed by atoms with van der Waals surface area (Å²) in [4.78, 5) is 109. The van der Waals surface area contributed by atoms with Crippen LogP contribution < -0.4 is 37.6 Å². The van der Waals surface area contributed by atoms with Crippen LogP contribution in [-0.4, -0.2) is 166 Å². The van der Waals surface area contributed by atoms with Gasteiger partial charge < -0.3 is 67.9 Å². The number of aliphatic imine (C=N–C) groups is 1. The van der Waals surface area contributed by atoms with Crippen LogP contribution in [0.3, 0.4) is 0 Å². The average molecular weight is 2140 g/mol. The third-order valence-corrected chi connectivity index (χ3v) is 26.6. The van der Waals surface area contributed by atoms with Gasteiger partial charge in [-0.25, -0.2) is 4.79 Å². The highest BCUT2D eigenvalue weighted by Crippen LogP contribution is 2.31. The predicted octanol–water partition coefficient (Wildman–Crippen LogP) is 32.3. The molecule has 2 heterocycles. The van der Waals surface area contributed by atoms with Gasteiger partial charge in [0.1, 0.15) is 6.04 Å². The van der Waals surface area contributed by atoms with Gasteiger partial charge in [0, 0.05) is 67.9 Å². The number of nitrogens with one attached hydrogen (secondary N) is 4. The van der Waals surface area contributed by atoms with Crippen molar-refractivity contribution in [2.45, 2.75) is 482 Å². The van der Waals surface area contributed by atoms with Gasteiger partial charge in [-0.1, -0.05) is 416 Å². The molecule has 0 spiro atoms. The third kappa shape index (κ3) is 84.2.